The molecular formula is C22H35NO3. The second-order valence-corrected chi connectivity index (χ2v) is 8.28. The van der Waals surface area contributed by atoms with Gasteiger partial charge in [-0.2, -0.15) is 0 Å². The summed E-state index contributed by atoms with van der Waals surface area (Å²) in [5, 5.41) is 0. The number of Topliss-reactive ketones (excluding diaryl/α,β-unsaturated/α-hetero) is 1. The molecule has 1 aromatic heterocycles. The summed E-state index contributed by atoms with van der Waals surface area (Å²) in [6, 6.07) is 2.14. The van der Waals surface area contributed by atoms with Crippen LogP contribution >= 0.6 is 0 Å². The van der Waals surface area contributed by atoms with E-state index in [2.05, 4.69) is 38.7 Å². The molecule has 0 bridgehead atoms. The van der Waals surface area contributed by atoms with Crippen LogP contribution in [-0.2, 0) is 33.5 Å². The topological polar surface area (TPSA) is 48.4 Å². The Labute approximate surface area is 158 Å². The van der Waals surface area contributed by atoms with Crippen molar-refractivity contribution in [1.82, 2.24) is 4.98 Å². The number of hydrogen-bond donors (Lipinski definition) is 0. The Bertz CT molecular complexity index is 613. The fourth-order valence-corrected chi connectivity index (χ4v) is 4.38. The lowest BCUT2D eigenvalue weighted by atomic mass is 9.76. The molecule has 0 amide bonds. The van der Waals surface area contributed by atoms with Gasteiger partial charge in [0.25, 0.3) is 0 Å². The number of nitrogens with zero attached hydrogens (tertiary/aromatic N) is 1. The minimum Gasteiger partial charge on any atom is -0.359 e. The SMILES string of the molecule is CCC1Cc2ccnc(C[C@](OCOC)(C(C)=O)[C@@H](C)CC(C)C)c2C1. The number of carbonyl (C=O) groups is 1. The molecule has 2 rings (SSSR count). The summed E-state index contributed by atoms with van der Waals surface area (Å²) in [5.74, 6) is 1.34. The molecule has 1 aromatic rings. The van der Waals surface area contributed by atoms with Crippen LogP contribution in [0.25, 0.3) is 0 Å². The first kappa shape index (κ1) is 21.0. The zero-order valence-corrected chi connectivity index (χ0v) is 17.3. The van der Waals surface area contributed by atoms with Crippen molar-refractivity contribution in [3.8, 4) is 0 Å². The van der Waals surface area contributed by atoms with Crippen molar-refractivity contribution >= 4 is 5.78 Å². The van der Waals surface area contributed by atoms with E-state index in [4.69, 9.17) is 9.47 Å². The zero-order chi connectivity index (χ0) is 19.3. The van der Waals surface area contributed by atoms with Gasteiger partial charge in [0.1, 0.15) is 12.4 Å². The molecule has 0 radical (unpaired) electrons. The molecule has 1 aliphatic carbocycles. The third-order valence-electron chi connectivity index (χ3n) is 5.90. The number of fused-ring (bicyclic) bond motifs is 1. The molecule has 4 nitrogen and oxygen atoms in total. The first-order chi connectivity index (χ1) is 12.3. The molecule has 26 heavy (non-hydrogen) atoms. The number of ether oxygens (including phenoxy) is 2. The fourth-order valence-electron chi connectivity index (χ4n) is 4.38. The highest BCUT2D eigenvalue weighted by molar-refractivity contribution is 5.85. The number of pyridine rings is 1. The minimum absolute atomic E-state index is 0.0622. The lowest BCUT2D eigenvalue weighted by Gasteiger charge is -2.37. The number of ketones is 1. The highest BCUT2D eigenvalue weighted by Crippen LogP contribution is 2.36. The second kappa shape index (κ2) is 9.09. The van der Waals surface area contributed by atoms with Gasteiger partial charge in [0.15, 0.2) is 5.78 Å². The van der Waals surface area contributed by atoms with Crippen molar-refractivity contribution in [2.45, 2.75) is 72.3 Å². The van der Waals surface area contributed by atoms with E-state index in [0.717, 1.165) is 25.0 Å². The molecular weight excluding hydrogens is 326 g/mol. The number of methoxy groups -OCH3 is 1. The quantitative estimate of drug-likeness (QED) is 0.580. The Balaban J connectivity index is 2.38. The Morgan fingerprint density at radius 3 is 2.65 bits per heavy atom. The molecule has 4 heteroatoms. The summed E-state index contributed by atoms with van der Waals surface area (Å²) in [5.41, 5.74) is 2.87. The number of carbonyl (C=O) groups excluding carboxylic acids is 1. The normalized spacial score (nSPS) is 20.0. The van der Waals surface area contributed by atoms with Crippen LogP contribution in [0.4, 0.5) is 0 Å². The van der Waals surface area contributed by atoms with E-state index < -0.39 is 5.60 Å². The van der Waals surface area contributed by atoms with Gasteiger partial charge in [-0.1, -0.05) is 34.1 Å². The molecule has 0 fully saturated rings. The summed E-state index contributed by atoms with van der Waals surface area (Å²) in [4.78, 5) is 17.5. The molecule has 0 N–H and O–H groups in total. The smallest absolute Gasteiger partial charge is 0.162 e. The largest absolute Gasteiger partial charge is 0.359 e. The first-order valence-electron chi connectivity index (χ1n) is 9.93. The van der Waals surface area contributed by atoms with Crippen molar-refractivity contribution in [1.29, 1.82) is 0 Å². The molecule has 0 aromatic carbocycles. The average molecular weight is 362 g/mol. The monoisotopic (exact) mass is 361 g/mol. The van der Waals surface area contributed by atoms with Crippen LogP contribution in [0.2, 0.25) is 0 Å². The van der Waals surface area contributed by atoms with Crippen molar-refractivity contribution in [3.05, 3.63) is 29.1 Å². The molecule has 146 valence electrons. The molecule has 3 atom stereocenters. The molecule has 1 unspecified atom stereocenters. The van der Waals surface area contributed by atoms with Gasteiger partial charge in [-0.05, 0) is 61.1 Å². The molecule has 0 spiro atoms. The van der Waals surface area contributed by atoms with Gasteiger partial charge in [0.2, 0.25) is 0 Å². The van der Waals surface area contributed by atoms with Crippen molar-refractivity contribution in [2.75, 3.05) is 13.9 Å². The van der Waals surface area contributed by atoms with Crippen molar-refractivity contribution in [3.63, 3.8) is 0 Å². The van der Waals surface area contributed by atoms with Gasteiger partial charge in [-0.15, -0.1) is 0 Å². The summed E-state index contributed by atoms with van der Waals surface area (Å²) in [6.45, 7) is 10.5. The van der Waals surface area contributed by atoms with Gasteiger partial charge >= 0.3 is 0 Å². The van der Waals surface area contributed by atoms with Gasteiger partial charge in [0.05, 0.1) is 0 Å². The number of hydrogen-bond acceptors (Lipinski definition) is 4. The second-order valence-electron chi connectivity index (χ2n) is 8.28. The van der Waals surface area contributed by atoms with Crippen LogP contribution in [-0.4, -0.2) is 30.3 Å². The third-order valence-corrected chi connectivity index (χ3v) is 5.90. The zero-order valence-electron chi connectivity index (χ0n) is 17.3. The summed E-state index contributed by atoms with van der Waals surface area (Å²) in [7, 11) is 1.60. The van der Waals surface area contributed by atoms with Crippen molar-refractivity contribution in [2.24, 2.45) is 17.8 Å². The van der Waals surface area contributed by atoms with Crippen LogP contribution < -0.4 is 0 Å². The summed E-state index contributed by atoms with van der Waals surface area (Å²) in [6.07, 6.45) is 6.70. The maximum atomic E-state index is 12.8. The highest BCUT2D eigenvalue weighted by atomic mass is 16.7. The lowest BCUT2D eigenvalue weighted by molar-refractivity contribution is -0.174. The third kappa shape index (κ3) is 4.52. The Hall–Kier alpha value is -1.26. The fraction of sp³-hybridized carbons (Fsp3) is 0.727. The Morgan fingerprint density at radius 2 is 2.08 bits per heavy atom. The van der Waals surface area contributed by atoms with E-state index >= 15 is 0 Å². The average Bonchev–Trinajstić information content (AvgIpc) is 3.01. The lowest BCUT2D eigenvalue weighted by Crippen LogP contribution is -2.49. The van der Waals surface area contributed by atoms with Crippen molar-refractivity contribution < 1.29 is 14.3 Å². The van der Waals surface area contributed by atoms with Crippen LogP contribution in [0, 0.1) is 17.8 Å². The minimum atomic E-state index is -0.882. The van der Waals surface area contributed by atoms with Gasteiger partial charge < -0.3 is 9.47 Å². The van der Waals surface area contributed by atoms with Crippen LogP contribution in [0.5, 0.6) is 0 Å². The molecule has 0 aliphatic heterocycles. The Kier molecular flexibility index (Phi) is 7.36. The standard InChI is InChI=1S/C22H35NO3/c1-7-18-11-19-8-9-23-21(20(19)12-18)13-22(17(5)24,26-14-25-6)16(4)10-15(2)3/h8-9,15-16,18H,7,10-14H2,1-6H3/t16-,18?,22+/m0/s1. The van der Waals surface area contributed by atoms with E-state index in [0.29, 0.717) is 18.3 Å². The molecule has 0 saturated heterocycles. The molecule has 1 aliphatic rings. The van der Waals surface area contributed by atoms with E-state index in [1.165, 1.54) is 17.5 Å². The predicted molar refractivity (Wildman–Crippen MR) is 104 cm³/mol. The van der Waals surface area contributed by atoms with Crippen LogP contribution in [0.3, 0.4) is 0 Å². The summed E-state index contributed by atoms with van der Waals surface area (Å²) < 4.78 is 11.3. The van der Waals surface area contributed by atoms with Gasteiger partial charge in [-0.25, -0.2) is 0 Å². The Morgan fingerprint density at radius 1 is 1.35 bits per heavy atom. The van der Waals surface area contributed by atoms with E-state index in [-0.39, 0.29) is 18.5 Å². The first-order valence-corrected chi connectivity index (χ1v) is 9.93. The molecule has 0 saturated carbocycles. The number of aromatic nitrogens is 1. The van der Waals surface area contributed by atoms with E-state index in [1.54, 1.807) is 14.0 Å². The molecule has 1 heterocycles. The van der Waals surface area contributed by atoms with Gasteiger partial charge in [-0.3, -0.25) is 9.78 Å². The maximum Gasteiger partial charge on any atom is 0.162 e. The van der Waals surface area contributed by atoms with Crippen LogP contribution in [0.15, 0.2) is 12.3 Å². The van der Waals surface area contributed by atoms with E-state index in [1.807, 2.05) is 6.20 Å². The van der Waals surface area contributed by atoms with E-state index in [9.17, 15) is 4.79 Å². The highest BCUT2D eigenvalue weighted by Gasteiger charge is 2.44. The summed E-state index contributed by atoms with van der Waals surface area (Å²) >= 11 is 0. The van der Waals surface area contributed by atoms with Gasteiger partial charge in [0, 0.05) is 25.4 Å². The maximum absolute atomic E-state index is 12.8. The van der Waals surface area contributed by atoms with Crippen LogP contribution in [0.1, 0.15) is 64.3 Å². The number of rotatable bonds is 10. The predicted octanol–water partition coefficient (Wildman–Crippen LogP) is 4.38.